The zero-order valence-electron chi connectivity index (χ0n) is 14.0. The SMILES string of the molecule is O=c1c(Cl)c(Cl)cnn1-c1ccc(S(=O)(=O)NC2CCCCCC2)cc1. The van der Waals surface area contributed by atoms with Gasteiger partial charge >= 0.3 is 0 Å². The molecular formula is C17H19Cl2N3O3S. The Hall–Kier alpha value is -1.41. The number of halogens is 2. The van der Waals surface area contributed by atoms with E-state index >= 15 is 0 Å². The normalized spacial score (nSPS) is 16.4. The van der Waals surface area contributed by atoms with Crippen molar-refractivity contribution in [2.24, 2.45) is 0 Å². The van der Waals surface area contributed by atoms with Gasteiger partial charge in [0.15, 0.2) is 0 Å². The highest BCUT2D eigenvalue weighted by Crippen LogP contribution is 2.21. The van der Waals surface area contributed by atoms with Crippen LogP contribution in [0, 0.1) is 0 Å². The summed E-state index contributed by atoms with van der Waals surface area (Å²) in [5, 5.41) is 3.87. The van der Waals surface area contributed by atoms with E-state index < -0.39 is 15.6 Å². The van der Waals surface area contributed by atoms with E-state index in [1.807, 2.05) is 0 Å². The lowest BCUT2D eigenvalue weighted by Gasteiger charge is -2.16. The summed E-state index contributed by atoms with van der Waals surface area (Å²) in [6, 6.07) is 5.90. The van der Waals surface area contributed by atoms with Crippen LogP contribution in [-0.2, 0) is 10.0 Å². The Bertz CT molecular complexity index is 935. The molecule has 140 valence electrons. The van der Waals surface area contributed by atoms with Gasteiger partial charge in [0, 0.05) is 6.04 Å². The number of sulfonamides is 1. The first-order chi connectivity index (χ1) is 12.4. The van der Waals surface area contributed by atoms with Crippen molar-refractivity contribution >= 4 is 33.2 Å². The van der Waals surface area contributed by atoms with Gasteiger partial charge in [-0.25, -0.2) is 13.1 Å². The van der Waals surface area contributed by atoms with Gasteiger partial charge in [-0.05, 0) is 37.1 Å². The Labute approximate surface area is 162 Å². The summed E-state index contributed by atoms with van der Waals surface area (Å²) >= 11 is 11.6. The summed E-state index contributed by atoms with van der Waals surface area (Å²) in [6.07, 6.45) is 7.37. The fraction of sp³-hybridized carbons (Fsp3) is 0.412. The summed E-state index contributed by atoms with van der Waals surface area (Å²) in [5.74, 6) is 0. The lowest BCUT2D eigenvalue weighted by molar-refractivity contribution is 0.510. The van der Waals surface area contributed by atoms with E-state index in [4.69, 9.17) is 23.2 Å². The van der Waals surface area contributed by atoms with Crippen molar-refractivity contribution in [2.75, 3.05) is 0 Å². The van der Waals surface area contributed by atoms with Crippen LogP contribution in [-0.4, -0.2) is 24.2 Å². The van der Waals surface area contributed by atoms with E-state index in [1.54, 1.807) is 0 Å². The average Bonchev–Trinajstić information content (AvgIpc) is 2.88. The second-order valence-corrected chi connectivity index (χ2v) is 8.83. The molecular weight excluding hydrogens is 397 g/mol. The number of hydrogen-bond acceptors (Lipinski definition) is 4. The van der Waals surface area contributed by atoms with Gasteiger partial charge < -0.3 is 0 Å². The molecule has 0 atom stereocenters. The van der Waals surface area contributed by atoms with E-state index in [-0.39, 0.29) is 21.0 Å². The highest BCUT2D eigenvalue weighted by molar-refractivity contribution is 7.89. The van der Waals surface area contributed by atoms with Crippen molar-refractivity contribution in [3.05, 3.63) is 50.9 Å². The molecule has 1 saturated carbocycles. The van der Waals surface area contributed by atoms with Crippen molar-refractivity contribution in [1.29, 1.82) is 0 Å². The molecule has 0 bridgehead atoms. The molecule has 0 amide bonds. The van der Waals surface area contributed by atoms with E-state index in [0.29, 0.717) is 5.69 Å². The van der Waals surface area contributed by atoms with Gasteiger partial charge in [-0.1, -0.05) is 48.9 Å². The fourth-order valence-corrected chi connectivity index (χ4v) is 4.61. The predicted molar refractivity (Wildman–Crippen MR) is 102 cm³/mol. The molecule has 1 heterocycles. The van der Waals surface area contributed by atoms with Crippen molar-refractivity contribution in [1.82, 2.24) is 14.5 Å². The zero-order valence-corrected chi connectivity index (χ0v) is 16.3. The van der Waals surface area contributed by atoms with E-state index in [9.17, 15) is 13.2 Å². The smallest absolute Gasteiger partial charge is 0.266 e. The molecule has 1 aliphatic carbocycles. The maximum atomic E-state index is 12.6. The van der Waals surface area contributed by atoms with Gasteiger partial charge in [0.1, 0.15) is 5.02 Å². The maximum Gasteiger partial charge on any atom is 0.291 e. The molecule has 1 N–H and O–H groups in total. The lowest BCUT2D eigenvalue weighted by atomic mass is 10.1. The van der Waals surface area contributed by atoms with E-state index in [0.717, 1.165) is 43.2 Å². The van der Waals surface area contributed by atoms with Gasteiger partial charge in [-0.2, -0.15) is 9.78 Å². The van der Waals surface area contributed by atoms with Crippen LogP contribution in [0.25, 0.3) is 5.69 Å². The molecule has 1 aromatic carbocycles. The summed E-state index contributed by atoms with van der Waals surface area (Å²) in [7, 11) is -3.61. The summed E-state index contributed by atoms with van der Waals surface area (Å²) in [5.41, 5.74) is -0.159. The van der Waals surface area contributed by atoms with Crippen LogP contribution in [0.15, 0.2) is 40.2 Å². The predicted octanol–water partition coefficient (Wildman–Crippen LogP) is 3.54. The topological polar surface area (TPSA) is 81.1 Å². The van der Waals surface area contributed by atoms with Crippen LogP contribution in [0.1, 0.15) is 38.5 Å². The van der Waals surface area contributed by atoms with Gasteiger partial charge in [-0.3, -0.25) is 4.79 Å². The summed E-state index contributed by atoms with van der Waals surface area (Å²) < 4.78 is 29.0. The molecule has 0 unspecified atom stereocenters. The molecule has 0 aliphatic heterocycles. The molecule has 1 aromatic heterocycles. The third kappa shape index (κ3) is 4.28. The third-order valence-electron chi connectivity index (χ3n) is 4.44. The first kappa shape index (κ1) is 19.4. The van der Waals surface area contributed by atoms with Crippen LogP contribution >= 0.6 is 23.2 Å². The minimum atomic E-state index is -3.61. The highest BCUT2D eigenvalue weighted by Gasteiger charge is 2.21. The Morgan fingerprint density at radius 1 is 1.04 bits per heavy atom. The highest BCUT2D eigenvalue weighted by atomic mass is 35.5. The number of rotatable bonds is 4. The quantitative estimate of drug-likeness (QED) is 0.774. The number of nitrogens with zero attached hydrogens (tertiary/aromatic N) is 2. The van der Waals surface area contributed by atoms with Gasteiger partial charge in [-0.15, -0.1) is 0 Å². The minimum Gasteiger partial charge on any atom is -0.266 e. The second kappa shape index (κ2) is 8.08. The van der Waals surface area contributed by atoms with E-state index in [1.165, 1.54) is 30.5 Å². The number of benzene rings is 1. The Kier molecular flexibility index (Phi) is 6.02. The first-order valence-corrected chi connectivity index (χ1v) is 10.7. The lowest BCUT2D eigenvalue weighted by Crippen LogP contribution is -2.34. The fourth-order valence-electron chi connectivity index (χ4n) is 3.05. The Morgan fingerprint density at radius 3 is 2.27 bits per heavy atom. The first-order valence-electron chi connectivity index (χ1n) is 8.44. The van der Waals surface area contributed by atoms with Gasteiger partial charge in [0.05, 0.1) is 21.8 Å². The molecule has 1 aliphatic rings. The van der Waals surface area contributed by atoms with Crippen molar-refractivity contribution < 1.29 is 8.42 Å². The zero-order chi connectivity index (χ0) is 18.7. The molecule has 9 heteroatoms. The molecule has 0 spiro atoms. The molecule has 2 aromatic rings. The van der Waals surface area contributed by atoms with Crippen LogP contribution in [0.5, 0.6) is 0 Å². The standard InChI is InChI=1S/C17H19Cl2N3O3S/c18-15-11-20-22(17(23)16(15)19)13-7-9-14(10-8-13)26(24,25)21-12-5-3-1-2-4-6-12/h7-12,21H,1-6H2. The summed E-state index contributed by atoms with van der Waals surface area (Å²) in [4.78, 5) is 12.3. The Morgan fingerprint density at radius 2 is 1.65 bits per heavy atom. The van der Waals surface area contributed by atoms with Crippen LogP contribution < -0.4 is 10.3 Å². The van der Waals surface area contributed by atoms with Crippen molar-refractivity contribution in [3.63, 3.8) is 0 Å². The molecule has 1 fully saturated rings. The number of nitrogens with one attached hydrogen (secondary N) is 1. The van der Waals surface area contributed by atoms with Crippen LogP contribution in [0.4, 0.5) is 0 Å². The molecule has 3 rings (SSSR count). The van der Waals surface area contributed by atoms with Crippen molar-refractivity contribution in [3.8, 4) is 5.69 Å². The molecule has 0 radical (unpaired) electrons. The molecule has 6 nitrogen and oxygen atoms in total. The summed E-state index contributed by atoms with van der Waals surface area (Å²) in [6.45, 7) is 0. The average molecular weight is 416 g/mol. The number of aromatic nitrogens is 2. The second-order valence-electron chi connectivity index (χ2n) is 6.33. The minimum absolute atomic E-state index is 0.0264. The van der Waals surface area contributed by atoms with Crippen LogP contribution in [0.3, 0.4) is 0 Å². The van der Waals surface area contributed by atoms with Crippen molar-refractivity contribution in [2.45, 2.75) is 49.5 Å². The van der Waals surface area contributed by atoms with E-state index in [2.05, 4.69) is 9.82 Å². The van der Waals surface area contributed by atoms with Gasteiger partial charge in [0.25, 0.3) is 5.56 Å². The monoisotopic (exact) mass is 415 g/mol. The largest absolute Gasteiger partial charge is 0.291 e. The third-order valence-corrected chi connectivity index (χ3v) is 6.73. The molecule has 26 heavy (non-hydrogen) atoms. The van der Waals surface area contributed by atoms with Gasteiger partial charge in [0.2, 0.25) is 10.0 Å². The number of hydrogen-bond donors (Lipinski definition) is 1. The van der Waals surface area contributed by atoms with Crippen LogP contribution in [0.2, 0.25) is 10.0 Å². The Balaban J connectivity index is 1.82. The maximum absolute atomic E-state index is 12.6. The molecule has 0 saturated heterocycles.